The molecule has 0 aromatic carbocycles. The quantitative estimate of drug-likeness (QED) is 0.926. The fourth-order valence-electron chi connectivity index (χ4n) is 3.08. The van der Waals surface area contributed by atoms with Gasteiger partial charge in [-0.2, -0.15) is 0 Å². The normalized spacial score (nSPS) is 18.2. The van der Waals surface area contributed by atoms with E-state index in [1.54, 1.807) is 12.3 Å². The van der Waals surface area contributed by atoms with E-state index in [2.05, 4.69) is 20.4 Å². The van der Waals surface area contributed by atoms with Crippen LogP contribution in [0.2, 0.25) is 0 Å². The molecule has 1 aliphatic rings. The van der Waals surface area contributed by atoms with Crippen LogP contribution in [0.4, 0.5) is 5.82 Å². The van der Waals surface area contributed by atoms with Crippen molar-refractivity contribution in [3.63, 3.8) is 0 Å². The highest BCUT2D eigenvalue weighted by Gasteiger charge is 2.24. The van der Waals surface area contributed by atoms with Crippen LogP contribution in [0.25, 0.3) is 0 Å². The van der Waals surface area contributed by atoms with Crippen LogP contribution < -0.4 is 5.32 Å². The summed E-state index contributed by atoms with van der Waals surface area (Å²) in [4.78, 5) is 23.1. The molecule has 0 spiro atoms. The molecule has 2 aromatic rings. The van der Waals surface area contributed by atoms with Crippen molar-refractivity contribution in [2.45, 2.75) is 32.6 Å². The van der Waals surface area contributed by atoms with Gasteiger partial charge in [0.1, 0.15) is 5.82 Å². The number of likely N-dealkylation sites (tertiary alicyclic amines) is 1. The van der Waals surface area contributed by atoms with Gasteiger partial charge in [0.15, 0.2) is 0 Å². The SMILES string of the molecule is CNc1cnc(C[C@@H]2CCCN(C(=O)c3cc(C)no3)CC2)cn1. The Kier molecular flexibility index (Phi) is 5.08. The Balaban J connectivity index is 1.57. The number of carbonyl (C=O) groups is 1. The largest absolute Gasteiger partial charge is 0.372 e. The average Bonchev–Trinajstić information content (AvgIpc) is 2.90. The molecular weight excluding hydrogens is 306 g/mol. The third-order valence-corrected chi connectivity index (χ3v) is 4.43. The summed E-state index contributed by atoms with van der Waals surface area (Å²) in [6.45, 7) is 3.32. The Hall–Kier alpha value is -2.44. The number of amides is 1. The lowest BCUT2D eigenvalue weighted by Crippen LogP contribution is -2.31. The molecule has 1 atom stereocenters. The van der Waals surface area contributed by atoms with E-state index in [9.17, 15) is 4.79 Å². The minimum atomic E-state index is -0.0607. The first-order valence-electron chi connectivity index (χ1n) is 8.37. The molecular formula is C17H23N5O2. The molecule has 0 bridgehead atoms. The Morgan fingerprint density at radius 1 is 1.33 bits per heavy atom. The summed E-state index contributed by atoms with van der Waals surface area (Å²) in [5.41, 5.74) is 1.74. The molecule has 7 nitrogen and oxygen atoms in total. The number of carbonyl (C=O) groups excluding carboxylic acids is 1. The smallest absolute Gasteiger partial charge is 0.292 e. The van der Waals surface area contributed by atoms with E-state index in [-0.39, 0.29) is 5.91 Å². The van der Waals surface area contributed by atoms with Gasteiger partial charge in [-0.3, -0.25) is 9.78 Å². The van der Waals surface area contributed by atoms with E-state index >= 15 is 0 Å². The molecule has 1 N–H and O–H groups in total. The molecule has 24 heavy (non-hydrogen) atoms. The van der Waals surface area contributed by atoms with Crippen molar-refractivity contribution >= 4 is 11.7 Å². The van der Waals surface area contributed by atoms with Gasteiger partial charge in [0.2, 0.25) is 5.76 Å². The highest BCUT2D eigenvalue weighted by atomic mass is 16.5. The number of hydrogen-bond acceptors (Lipinski definition) is 6. The van der Waals surface area contributed by atoms with Crippen LogP contribution >= 0.6 is 0 Å². The number of hydrogen-bond donors (Lipinski definition) is 1. The fraction of sp³-hybridized carbons (Fsp3) is 0.529. The topological polar surface area (TPSA) is 84.2 Å². The Bertz CT molecular complexity index is 683. The van der Waals surface area contributed by atoms with Crippen LogP contribution in [0.3, 0.4) is 0 Å². The molecule has 0 unspecified atom stereocenters. The van der Waals surface area contributed by atoms with Gasteiger partial charge in [-0.15, -0.1) is 0 Å². The fourth-order valence-corrected chi connectivity index (χ4v) is 3.08. The predicted molar refractivity (Wildman–Crippen MR) is 89.8 cm³/mol. The lowest BCUT2D eigenvalue weighted by molar-refractivity contribution is 0.0718. The standard InChI is InChI=1S/C17H23N5O2/c1-12-8-15(24-21-12)17(23)22-6-3-4-13(5-7-22)9-14-10-20-16(18-2)11-19-14/h8,10-11,13H,3-7,9H2,1-2H3,(H,18,20)/t13-/m1/s1. The minimum absolute atomic E-state index is 0.0607. The summed E-state index contributed by atoms with van der Waals surface area (Å²) < 4.78 is 5.10. The molecule has 128 valence electrons. The molecule has 0 radical (unpaired) electrons. The van der Waals surface area contributed by atoms with E-state index in [0.717, 1.165) is 56.0 Å². The minimum Gasteiger partial charge on any atom is -0.372 e. The first kappa shape index (κ1) is 16.4. The van der Waals surface area contributed by atoms with Crippen molar-refractivity contribution in [2.24, 2.45) is 5.92 Å². The van der Waals surface area contributed by atoms with E-state index < -0.39 is 0 Å². The third kappa shape index (κ3) is 3.90. The van der Waals surface area contributed by atoms with Crippen molar-refractivity contribution in [1.82, 2.24) is 20.0 Å². The Morgan fingerprint density at radius 3 is 2.88 bits per heavy atom. The third-order valence-electron chi connectivity index (χ3n) is 4.43. The van der Waals surface area contributed by atoms with Gasteiger partial charge in [-0.25, -0.2) is 4.98 Å². The van der Waals surface area contributed by atoms with Crippen LogP contribution in [0, 0.1) is 12.8 Å². The van der Waals surface area contributed by atoms with Crippen molar-refractivity contribution in [1.29, 1.82) is 0 Å². The predicted octanol–water partition coefficient (Wildman–Crippen LogP) is 2.30. The van der Waals surface area contributed by atoms with Gasteiger partial charge in [-0.05, 0) is 38.5 Å². The monoisotopic (exact) mass is 329 g/mol. The number of anilines is 1. The van der Waals surface area contributed by atoms with E-state index in [0.29, 0.717) is 11.7 Å². The van der Waals surface area contributed by atoms with Crippen LogP contribution in [-0.4, -0.2) is 46.1 Å². The number of aromatic nitrogens is 3. The molecule has 1 aliphatic heterocycles. The zero-order valence-corrected chi connectivity index (χ0v) is 14.2. The lowest BCUT2D eigenvalue weighted by atomic mass is 9.95. The Labute approximate surface area is 141 Å². The molecule has 3 rings (SSSR count). The van der Waals surface area contributed by atoms with Gasteiger partial charge in [0, 0.05) is 26.2 Å². The Morgan fingerprint density at radius 2 is 2.21 bits per heavy atom. The summed E-state index contributed by atoms with van der Waals surface area (Å²) >= 11 is 0. The maximum atomic E-state index is 12.5. The van der Waals surface area contributed by atoms with Gasteiger partial charge in [0.25, 0.3) is 5.91 Å². The second-order valence-corrected chi connectivity index (χ2v) is 6.27. The van der Waals surface area contributed by atoms with Crippen molar-refractivity contribution in [3.05, 3.63) is 35.6 Å². The van der Waals surface area contributed by atoms with Crippen LogP contribution in [0.15, 0.2) is 23.0 Å². The van der Waals surface area contributed by atoms with E-state index in [1.165, 1.54) is 0 Å². The van der Waals surface area contributed by atoms with Crippen LogP contribution in [-0.2, 0) is 6.42 Å². The average molecular weight is 329 g/mol. The second-order valence-electron chi connectivity index (χ2n) is 6.27. The molecule has 2 aromatic heterocycles. The van der Waals surface area contributed by atoms with E-state index in [1.807, 2.05) is 25.1 Å². The molecule has 1 saturated heterocycles. The molecule has 7 heteroatoms. The molecule has 3 heterocycles. The summed E-state index contributed by atoms with van der Waals surface area (Å²) in [5, 5.41) is 6.77. The highest BCUT2D eigenvalue weighted by Crippen LogP contribution is 2.22. The van der Waals surface area contributed by atoms with Crippen LogP contribution in [0.1, 0.15) is 41.2 Å². The lowest BCUT2D eigenvalue weighted by Gasteiger charge is -2.19. The molecule has 0 aliphatic carbocycles. The zero-order chi connectivity index (χ0) is 16.9. The molecule has 1 amide bonds. The molecule has 0 saturated carbocycles. The number of nitrogens with one attached hydrogen (secondary N) is 1. The first-order valence-corrected chi connectivity index (χ1v) is 8.37. The maximum Gasteiger partial charge on any atom is 0.292 e. The second kappa shape index (κ2) is 7.42. The number of nitrogens with zero attached hydrogens (tertiary/aromatic N) is 4. The zero-order valence-electron chi connectivity index (χ0n) is 14.2. The summed E-state index contributed by atoms with van der Waals surface area (Å²) in [6.07, 6.45) is 7.54. The van der Waals surface area contributed by atoms with Gasteiger partial charge < -0.3 is 14.7 Å². The van der Waals surface area contributed by atoms with Gasteiger partial charge in [0.05, 0.1) is 23.8 Å². The molecule has 1 fully saturated rings. The summed E-state index contributed by atoms with van der Waals surface area (Å²) in [5.74, 6) is 1.57. The summed E-state index contributed by atoms with van der Waals surface area (Å²) in [7, 11) is 1.83. The van der Waals surface area contributed by atoms with Gasteiger partial charge >= 0.3 is 0 Å². The highest BCUT2D eigenvalue weighted by molar-refractivity contribution is 5.91. The van der Waals surface area contributed by atoms with E-state index in [4.69, 9.17) is 4.52 Å². The van der Waals surface area contributed by atoms with Crippen molar-refractivity contribution in [2.75, 3.05) is 25.5 Å². The number of aryl methyl sites for hydroxylation is 1. The van der Waals surface area contributed by atoms with Crippen molar-refractivity contribution < 1.29 is 9.32 Å². The van der Waals surface area contributed by atoms with Crippen LogP contribution in [0.5, 0.6) is 0 Å². The first-order chi connectivity index (χ1) is 11.7. The van der Waals surface area contributed by atoms with Gasteiger partial charge in [-0.1, -0.05) is 5.16 Å². The van der Waals surface area contributed by atoms with Crippen molar-refractivity contribution in [3.8, 4) is 0 Å². The maximum absolute atomic E-state index is 12.5. The number of rotatable bonds is 4. The summed E-state index contributed by atoms with van der Waals surface area (Å²) in [6, 6.07) is 1.70.